The summed E-state index contributed by atoms with van der Waals surface area (Å²) in [5.74, 6) is -3.52. The Morgan fingerprint density at radius 1 is 0.850 bits per heavy atom. The average molecular weight is 624 g/mol. The first kappa shape index (κ1) is 27.7. The van der Waals surface area contributed by atoms with E-state index in [4.69, 9.17) is 16.3 Å². The number of carbonyl (C=O) groups excluding carboxylic acids is 5. The number of esters is 1. The second-order valence-corrected chi connectivity index (χ2v) is 11.0. The fourth-order valence-corrected chi connectivity index (χ4v) is 5.56. The summed E-state index contributed by atoms with van der Waals surface area (Å²) in [6.07, 6.45) is 2.77. The van der Waals surface area contributed by atoms with Crippen molar-refractivity contribution in [3.8, 4) is 5.75 Å². The minimum atomic E-state index is -0.723. The molecule has 40 heavy (non-hydrogen) atoms. The molecule has 1 aliphatic heterocycles. The minimum Gasteiger partial charge on any atom is -0.423 e. The van der Waals surface area contributed by atoms with Gasteiger partial charge in [0.2, 0.25) is 0 Å². The lowest BCUT2D eigenvalue weighted by Crippen LogP contribution is -2.52. The molecule has 3 amide bonds. The van der Waals surface area contributed by atoms with Crippen LogP contribution in [0, 0.1) is 11.8 Å². The Morgan fingerprint density at radius 2 is 1.43 bits per heavy atom. The molecule has 8 nitrogen and oxygen atoms in total. The van der Waals surface area contributed by atoms with E-state index in [1.165, 1.54) is 36.4 Å². The standard InChI is InChI=1S/C30H24BrClN2O6/c31-20-13-9-19(10-14-20)30(39)40-21-15-11-18(12-16-21)26(35)17-33(27(36)24-7-3-4-8-25(24)32)34-28(37)22-5-1-2-6-23(22)29(34)38/h3-4,7-16,22-23H,1-2,5-6,17H2/t22-,23+. The number of Topliss-reactive ketones (excluding diaryl/α,β-unsaturated/α-hetero) is 1. The van der Waals surface area contributed by atoms with Crippen molar-refractivity contribution >= 4 is 57.0 Å². The molecule has 2 fully saturated rings. The Bertz CT molecular complexity index is 1470. The number of halogens is 2. The zero-order valence-corrected chi connectivity index (χ0v) is 23.6. The van der Waals surface area contributed by atoms with Gasteiger partial charge < -0.3 is 4.74 Å². The van der Waals surface area contributed by atoms with Crippen molar-refractivity contribution in [1.82, 2.24) is 10.0 Å². The van der Waals surface area contributed by atoms with Gasteiger partial charge in [-0.3, -0.25) is 19.2 Å². The first-order valence-corrected chi connectivity index (χ1v) is 14.0. The molecule has 10 heteroatoms. The smallest absolute Gasteiger partial charge is 0.343 e. The molecule has 0 bridgehead atoms. The number of imide groups is 1. The molecule has 1 saturated carbocycles. The lowest BCUT2D eigenvalue weighted by Gasteiger charge is -2.30. The van der Waals surface area contributed by atoms with Crippen LogP contribution in [0.5, 0.6) is 5.75 Å². The summed E-state index contributed by atoms with van der Waals surface area (Å²) < 4.78 is 6.21. The molecule has 3 aromatic carbocycles. The van der Waals surface area contributed by atoms with E-state index in [1.54, 1.807) is 36.4 Å². The van der Waals surface area contributed by atoms with E-state index in [-0.39, 0.29) is 21.9 Å². The number of carbonyl (C=O) groups is 5. The summed E-state index contributed by atoms with van der Waals surface area (Å²) in [4.78, 5) is 66.1. The molecule has 0 unspecified atom stereocenters. The first-order valence-electron chi connectivity index (χ1n) is 12.8. The average Bonchev–Trinajstić information content (AvgIpc) is 3.21. The third-order valence-corrected chi connectivity index (χ3v) is 8.02. The maximum absolute atomic E-state index is 13.6. The quantitative estimate of drug-likeness (QED) is 0.144. The second kappa shape index (κ2) is 11.7. The van der Waals surface area contributed by atoms with Crippen molar-refractivity contribution in [3.05, 3.63) is 99.0 Å². The lowest BCUT2D eigenvalue weighted by atomic mass is 9.81. The molecule has 5 rings (SSSR count). The molecule has 1 heterocycles. The van der Waals surface area contributed by atoms with Gasteiger partial charge in [0.05, 0.1) is 28.0 Å². The number of amides is 3. The van der Waals surface area contributed by atoms with Crippen LogP contribution in [0.2, 0.25) is 5.02 Å². The fourth-order valence-electron chi connectivity index (χ4n) is 5.08. The lowest BCUT2D eigenvalue weighted by molar-refractivity contribution is -0.154. The van der Waals surface area contributed by atoms with Gasteiger partial charge in [0.1, 0.15) is 12.3 Å². The predicted molar refractivity (Wildman–Crippen MR) is 150 cm³/mol. The Balaban J connectivity index is 1.37. The third-order valence-electron chi connectivity index (χ3n) is 7.16. The number of rotatable bonds is 7. The highest BCUT2D eigenvalue weighted by Gasteiger charge is 2.52. The maximum atomic E-state index is 13.6. The third kappa shape index (κ3) is 5.57. The molecular weight excluding hydrogens is 600 g/mol. The molecule has 0 radical (unpaired) electrons. The van der Waals surface area contributed by atoms with E-state index in [1.807, 2.05) is 0 Å². The zero-order chi connectivity index (χ0) is 28.4. The summed E-state index contributed by atoms with van der Waals surface area (Å²) in [6.45, 7) is -0.557. The number of hydrazine groups is 1. The number of ether oxygens (including phenoxy) is 1. The van der Waals surface area contributed by atoms with Crippen LogP contribution in [0.1, 0.15) is 56.8 Å². The van der Waals surface area contributed by atoms with Gasteiger partial charge in [0, 0.05) is 10.0 Å². The fraction of sp³-hybridized carbons (Fsp3) is 0.233. The van der Waals surface area contributed by atoms with Crippen molar-refractivity contribution in [2.75, 3.05) is 6.54 Å². The van der Waals surface area contributed by atoms with Gasteiger partial charge in [0.25, 0.3) is 17.7 Å². The van der Waals surface area contributed by atoms with Crippen LogP contribution in [-0.2, 0) is 9.59 Å². The van der Waals surface area contributed by atoms with E-state index < -0.39 is 47.9 Å². The second-order valence-electron chi connectivity index (χ2n) is 9.67. The van der Waals surface area contributed by atoms with Gasteiger partial charge in [-0.1, -0.05) is 52.5 Å². The summed E-state index contributed by atoms with van der Waals surface area (Å²) in [7, 11) is 0. The number of fused-ring (bicyclic) bond motifs is 1. The van der Waals surface area contributed by atoms with Crippen LogP contribution in [0.4, 0.5) is 0 Å². The zero-order valence-electron chi connectivity index (χ0n) is 21.2. The molecule has 2 atom stereocenters. The van der Waals surface area contributed by atoms with Crippen LogP contribution in [-0.4, -0.2) is 46.0 Å². The molecule has 0 spiro atoms. The summed E-state index contributed by atoms with van der Waals surface area (Å²) in [5.41, 5.74) is 0.636. The molecule has 2 aliphatic rings. The molecule has 204 valence electrons. The highest BCUT2D eigenvalue weighted by atomic mass is 79.9. The van der Waals surface area contributed by atoms with E-state index in [0.717, 1.165) is 27.3 Å². The number of ketones is 1. The van der Waals surface area contributed by atoms with Crippen LogP contribution < -0.4 is 4.74 Å². The normalized spacial score (nSPS) is 18.3. The number of benzene rings is 3. The van der Waals surface area contributed by atoms with Crippen molar-refractivity contribution in [2.24, 2.45) is 11.8 Å². The van der Waals surface area contributed by atoms with E-state index in [2.05, 4.69) is 15.9 Å². The monoisotopic (exact) mass is 622 g/mol. The van der Waals surface area contributed by atoms with Gasteiger partial charge >= 0.3 is 5.97 Å². The van der Waals surface area contributed by atoms with Crippen molar-refractivity contribution in [3.63, 3.8) is 0 Å². The maximum Gasteiger partial charge on any atom is 0.343 e. The predicted octanol–water partition coefficient (Wildman–Crippen LogP) is 5.74. The summed E-state index contributed by atoms with van der Waals surface area (Å²) in [6, 6.07) is 18.8. The van der Waals surface area contributed by atoms with Crippen molar-refractivity contribution in [2.45, 2.75) is 25.7 Å². The van der Waals surface area contributed by atoms with E-state index in [0.29, 0.717) is 18.4 Å². The molecular formula is C30H24BrClN2O6. The Hall–Kier alpha value is -3.82. The molecule has 1 saturated heterocycles. The van der Waals surface area contributed by atoms with Gasteiger partial charge in [-0.2, -0.15) is 5.01 Å². The van der Waals surface area contributed by atoms with Gasteiger partial charge in [0.15, 0.2) is 5.78 Å². The van der Waals surface area contributed by atoms with Crippen molar-refractivity contribution < 1.29 is 28.7 Å². The Morgan fingerprint density at radius 3 is 2.02 bits per heavy atom. The largest absolute Gasteiger partial charge is 0.423 e. The Kier molecular flexibility index (Phi) is 8.14. The highest BCUT2D eigenvalue weighted by Crippen LogP contribution is 2.39. The topological polar surface area (TPSA) is 101 Å². The molecule has 0 aromatic heterocycles. The van der Waals surface area contributed by atoms with E-state index in [9.17, 15) is 24.0 Å². The highest BCUT2D eigenvalue weighted by molar-refractivity contribution is 9.10. The minimum absolute atomic E-state index is 0.0719. The van der Waals surface area contributed by atoms with Crippen LogP contribution >= 0.6 is 27.5 Å². The van der Waals surface area contributed by atoms with E-state index >= 15 is 0 Å². The number of hydrogen-bond donors (Lipinski definition) is 0. The van der Waals surface area contributed by atoms with Gasteiger partial charge in [-0.05, 0) is 73.5 Å². The van der Waals surface area contributed by atoms with Crippen LogP contribution in [0.15, 0.2) is 77.3 Å². The molecule has 3 aromatic rings. The number of nitrogens with zero attached hydrogens (tertiary/aromatic N) is 2. The summed E-state index contributed by atoms with van der Waals surface area (Å²) >= 11 is 9.58. The van der Waals surface area contributed by atoms with Gasteiger partial charge in [-0.15, -0.1) is 0 Å². The number of hydrogen-bond acceptors (Lipinski definition) is 6. The SMILES string of the molecule is O=C(CN(C(=O)c1ccccc1Cl)N1C(=O)[C@H]2CCCC[C@H]2C1=O)c1ccc(OC(=O)c2ccc(Br)cc2)cc1. The molecule has 1 aliphatic carbocycles. The summed E-state index contributed by atoms with van der Waals surface area (Å²) in [5, 5.41) is 1.89. The van der Waals surface area contributed by atoms with Crippen LogP contribution in [0.25, 0.3) is 0 Å². The molecule has 0 N–H and O–H groups in total. The van der Waals surface area contributed by atoms with Gasteiger partial charge in [-0.25, -0.2) is 9.80 Å². The first-order chi connectivity index (χ1) is 19.2. The van der Waals surface area contributed by atoms with Crippen molar-refractivity contribution in [1.29, 1.82) is 0 Å². The Labute approximate surface area is 243 Å². The van der Waals surface area contributed by atoms with Crippen LogP contribution in [0.3, 0.4) is 0 Å².